The minimum absolute atomic E-state index is 0.180. The van der Waals surface area contributed by atoms with Crippen LogP contribution in [0.1, 0.15) is 5.76 Å². The smallest absolute Gasteiger partial charge is 0.276 e. The molecule has 5 rings (SSSR count). The van der Waals surface area contributed by atoms with E-state index in [9.17, 15) is 4.79 Å². The largest absolute Gasteiger partial charge is 0.457 e. The van der Waals surface area contributed by atoms with Crippen molar-refractivity contribution < 1.29 is 4.42 Å². The Balaban J connectivity index is 1.62. The van der Waals surface area contributed by atoms with Crippen molar-refractivity contribution in [3.8, 4) is 11.3 Å². The minimum atomic E-state index is -0.180. The van der Waals surface area contributed by atoms with Gasteiger partial charge in [-0.2, -0.15) is 0 Å². The van der Waals surface area contributed by atoms with Crippen molar-refractivity contribution in [3.05, 3.63) is 77.8 Å². The van der Waals surface area contributed by atoms with Gasteiger partial charge >= 0.3 is 0 Å². The second-order valence-corrected chi connectivity index (χ2v) is 8.80. The molecule has 0 aliphatic carbocycles. The predicted octanol–water partition coefficient (Wildman–Crippen LogP) is 5.18. The summed E-state index contributed by atoms with van der Waals surface area (Å²) in [7, 11) is 0. The molecular formula is C19H8BrCl2N3O2S. The maximum atomic E-state index is 12.8. The van der Waals surface area contributed by atoms with Crippen molar-refractivity contribution in [1.29, 1.82) is 0 Å². The summed E-state index contributed by atoms with van der Waals surface area (Å²) >= 11 is 16.8. The van der Waals surface area contributed by atoms with Gasteiger partial charge in [-0.1, -0.05) is 34.5 Å². The quantitative estimate of drug-likeness (QED) is 0.340. The van der Waals surface area contributed by atoms with E-state index in [4.69, 9.17) is 27.6 Å². The Labute approximate surface area is 180 Å². The molecule has 0 saturated carbocycles. The lowest BCUT2D eigenvalue weighted by atomic mass is 10.2. The van der Waals surface area contributed by atoms with Crippen LogP contribution in [0.3, 0.4) is 0 Å². The zero-order chi connectivity index (χ0) is 19.4. The van der Waals surface area contributed by atoms with Crippen LogP contribution in [0.15, 0.2) is 56.3 Å². The Morgan fingerprint density at radius 2 is 1.93 bits per heavy atom. The first kappa shape index (κ1) is 17.9. The van der Waals surface area contributed by atoms with Crippen molar-refractivity contribution in [3.63, 3.8) is 0 Å². The maximum Gasteiger partial charge on any atom is 0.276 e. The Morgan fingerprint density at radius 1 is 1.14 bits per heavy atom. The van der Waals surface area contributed by atoms with Crippen molar-refractivity contribution in [1.82, 2.24) is 14.4 Å². The van der Waals surface area contributed by atoms with Gasteiger partial charge in [0.05, 0.1) is 0 Å². The molecule has 4 aromatic heterocycles. The number of furan rings is 1. The highest BCUT2D eigenvalue weighted by atomic mass is 79.9. The second-order valence-electron chi connectivity index (χ2n) is 6.00. The zero-order valence-corrected chi connectivity index (χ0v) is 17.7. The molecule has 0 bridgehead atoms. The fourth-order valence-corrected chi connectivity index (χ4v) is 4.73. The van der Waals surface area contributed by atoms with Crippen molar-refractivity contribution >= 4 is 72.7 Å². The van der Waals surface area contributed by atoms with E-state index in [1.807, 2.05) is 12.1 Å². The number of thiazole rings is 1. The number of nitrogens with zero attached hydrogens (tertiary/aromatic N) is 3. The van der Waals surface area contributed by atoms with Crippen molar-refractivity contribution in [2.45, 2.75) is 0 Å². The van der Waals surface area contributed by atoms with E-state index in [0.717, 1.165) is 10.0 Å². The fraction of sp³-hybridized carbons (Fsp3) is 0. The van der Waals surface area contributed by atoms with E-state index in [1.165, 1.54) is 15.7 Å². The predicted molar refractivity (Wildman–Crippen MR) is 115 cm³/mol. The number of hydrogen-bond donors (Lipinski definition) is 0. The molecule has 0 amide bonds. The summed E-state index contributed by atoms with van der Waals surface area (Å²) in [5, 5.41) is 1.05. The molecule has 0 radical (unpaired) electrons. The van der Waals surface area contributed by atoms with E-state index in [1.54, 1.807) is 36.5 Å². The van der Waals surface area contributed by atoms with E-state index < -0.39 is 0 Å². The number of aromatic nitrogens is 3. The van der Waals surface area contributed by atoms with E-state index >= 15 is 0 Å². The van der Waals surface area contributed by atoms with E-state index in [2.05, 4.69) is 25.9 Å². The highest BCUT2D eigenvalue weighted by Crippen LogP contribution is 2.28. The lowest BCUT2D eigenvalue weighted by Gasteiger charge is -1.99. The van der Waals surface area contributed by atoms with Gasteiger partial charge < -0.3 is 4.42 Å². The van der Waals surface area contributed by atoms with Crippen LogP contribution in [-0.4, -0.2) is 14.4 Å². The Kier molecular flexibility index (Phi) is 4.28. The summed E-state index contributed by atoms with van der Waals surface area (Å²) in [6.07, 6.45) is 3.34. The van der Waals surface area contributed by atoms with Gasteiger partial charge in [-0.3, -0.25) is 4.79 Å². The highest BCUT2D eigenvalue weighted by Gasteiger charge is 2.13. The molecule has 4 heterocycles. The number of imidazole rings is 1. The summed E-state index contributed by atoms with van der Waals surface area (Å²) in [4.78, 5) is 22.2. The molecule has 28 heavy (non-hydrogen) atoms. The number of rotatable bonds is 2. The van der Waals surface area contributed by atoms with Gasteiger partial charge in [-0.05, 0) is 52.3 Å². The van der Waals surface area contributed by atoms with Crippen LogP contribution in [0.2, 0.25) is 10.0 Å². The number of hydrogen-bond acceptors (Lipinski definition) is 5. The Bertz CT molecular complexity index is 1470. The summed E-state index contributed by atoms with van der Waals surface area (Å²) in [6.45, 7) is 0. The maximum absolute atomic E-state index is 12.8. The van der Waals surface area contributed by atoms with Crippen molar-refractivity contribution in [2.75, 3.05) is 0 Å². The van der Waals surface area contributed by atoms with Gasteiger partial charge in [0.25, 0.3) is 5.56 Å². The van der Waals surface area contributed by atoms with Gasteiger partial charge in [0, 0.05) is 32.4 Å². The molecule has 5 aromatic rings. The molecule has 0 N–H and O–H groups in total. The molecule has 0 saturated heterocycles. The van der Waals surface area contributed by atoms with Crippen LogP contribution in [0.4, 0.5) is 0 Å². The van der Waals surface area contributed by atoms with Gasteiger partial charge in [0.2, 0.25) is 0 Å². The lowest BCUT2D eigenvalue weighted by Crippen LogP contribution is -2.22. The number of pyridine rings is 1. The molecule has 0 unspecified atom stereocenters. The summed E-state index contributed by atoms with van der Waals surface area (Å²) < 4.78 is 8.70. The van der Waals surface area contributed by atoms with Gasteiger partial charge in [0.1, 0.15) is 21.6 Å². The van der Waals surface area contributed by atoms with E-state index in [-0.39, 0.29) is 5.56 Å². The fourth-order valence-electron chi connectivity index (χ4n) is 2.93. The molecule has 0 spiro atoms. The lowest BCUT2D eigenvalue weighted by molar-refractivity contribution is 0.571. The van der Waals surface area contributed by atoms with Crippen molar-refractivity contribution in [2.24, 2.45) is 0 Å². The molecule has 9 heteroatoms. The minimum Gasteiger partial charge on any atom is -0.457 e. The second kappa shape index (κ2) is 6.70. The van der Waals surface area contributed by atoms with Gasteiger partial charge in [0.15, 0.2) is 10.6 Å². The molecule has 5 nitrogen and oxygen atoms in total. The zero-order valence-electron chi connectivity index (χ0n) is 13.8. The molecule has 0 aliphatic rings. The van der Waals surface area contributed by atoms with E-state index in [0.29, 0.717) is 42.2 Å². The molecule has 1 aromatic carbocycles. The Morgan fingerprint density at radius 3 is 2.71 bits per heavy atom. The monoisotopic (exact) mass is 491 g/mol. The molecular weight excluding hydrogens is 485 g/mol. The van der Waals surface area contributed by atoms with Gasteiger partial charge in [-0.15, -0.1) is 0 Å². The van der Waals surface area contributed by atoms with Gasteiger partial charge in [-0.25, -0.2) is 14.4 Å². The third kappa shape index (κ3) is 3.04. The average Bonchev–Trinajstić information content (AvgIpc) is 3.30. The molecule has 138 valence electrons. The van der Waals surface area contributed by atoms with Crippen LogP contribution in [0, 0.1) is 0 Å². The topological polar surface area (TPSA) is 60.4 Å². The number of halogens is 3. The number of benzene rings is 1. The van der Waals surface area contributed by atoms with Crippen LogP contribution < -0.4 is 10.1 Å². The third-order valence-electron chi connectivity index (χ3n) is 4.10. The standard InChI is InChI=1S/C19H8BrCl2N3O2S/c20-10-5-14-17(23-8-10)25-18(26)16(28-19(25)24-14)7-13-1-2-15(27-13)9-3-11(21)6-12(22)4-9/h1-8H/b16-7-. The summed E-state index contributed by atoms with van der Waals surface area (Å²) in [5.74, 6) is 1.16. The third-order valence-corrected chi connectivity index (χ3v) is 5.93. The number of fused-ring (bicyclic) bond motifs is 3. The highest BCUT2D eigenvalue weighted by molar-refractivity contribution is 9.10. The van der Waals surface area contributed by atoms with Crippen LogP contribution in [-0.2, 0) is 0 Å². The summed E-state index contributed by atoms with van der Waals surface area (Å²) in [5.41, 5.74) is 1.79. The molecule has 0 atom stereocenters. The first-order valence-electron chi connectivity index (χ1n) is 8.02. The Hall–Kier alpha value is -2.19. The summed E-state index contributed by atoms with van der Waals surface area (Å²) in [6, 6.07) is 10.6. The SMILES string of the molecule is O=c1/c(=C/c2ccc(-c3cc(Cl)cc(Cl)c3)o2)sc2nc3cc(Br)cnc3n12. The first-order valence-corrected chi connectivity index (χ1v) is 10.4. The average molecular weight is 493 g/mol. The molecule has 0 aliphatic heterocycles. The normalized spacial score (nSPS) is 12.5. The van der Waals surface area contributed by atoms with Crippen LogP contribution in [0.25, 0.3) is 33.5 Å². The first-order chi connectivity index (χ1) is 13.5. The van der Waals surface area contributed by atoms with Crippen LogP contribution in [0.5, 0.6) is 0 Å². The molecule has 0 fully saturated rings. The van der Waals surface area contributed by atoms with Crippen LogP contribution >= 0.6 is 50.5 Å².